The zero-order chi connectivity index (χ0) is 40.0. The molecule has 0 fully saturated rings. The van der Waals surface area contributed by atoms with Gasteiger partial charge < -0.3 is 9.55 Å². The maximum absolute atomic E-state index is 5.59. The summed E-state index contributed by atoms with van der Waals surface area (Å²) in [6, 6.07) is 58.2. The van der Waals surface area contributed by atoms with Crippen molar-refractivity contribution in [1.82, 2.24) is 24.1 Å². The quantitative estimate of drug-likeness (QED) is 0.156. The molecule has 11 aromatic rings. The second kappa shape index (κ2) is 14.3. The number of fused-ring (bicyclic) bond motifs is 7. The van der Waals surface area contributed by atoms with Gasteiger partial charge in [-0.25, -0.2) is 9.97 Å². The molecule has 4 aromatic heterocycles. The number of para-hydroxylation sites is 2. The van der Waals surface area contributed by atoms with Crippen molar-refractivity contribution >= 4 is 54.6 Å². The van der Waals surface area contributed by atoms with Crippen molar-refractivity contribution in [3.63, 3.8) is 0 Å². The van der Waals surface area contributed by atoms with Gasteiger partial charge in [0, 0.05) is 28.4 Å². The number of hydrogen-bond acceptors (Lipinski definition) is 2. The zero-order valence-corrected chi connectivity index (χ0v) is 36.3. The molecule has 292 valence electrons. The molecule has 0 N–H and O–H groups in total. The second-order valence-electron chi connectivity index (χ2n) is 16.5. The van der Waals surface area contributed by atoms with Crippen LogP contribution in [0.3, 0.4) is 0 Å². The third kappa shape index (κ3) is 5.94. The first-order valence-corrected chi connectivity index (χ1v) is 20.3. The average molecular weight is 955 g/mol. The molecule has 0 saturated carbocycles. The molecule has 0 atom stereocenters. The number of aromatic nitrogens is 5. The van der Waals surface area contributed by atoms with Crippen LogP contribution in [0.4, 0.5) is 0 Å². The maximum atomic E-state index is 5.59. The van der Waals surface area contributed by atoms with Crippen LogP contribution in [0.15, 0.2) is 158 Å². The SMILES string of the molecule is Cc1cccc(-n2c(-c3cccc4c3[n-]c3ccccc34)nc3c(-c4[c-]c5c(cc4)c4cc(C)ccc4n5-c4cc(C(C)(C)c5ccccc5)ccn4)cc(C)cc32)c1.[Pt+2]. The van der Waals surface area contributed by atoms with Gasteiger partial charge in [0.15, 0.2) is 0 Å². The molecule has 4 heterocycles. The van der Waals surface area contributed by atoms with E-state index >= 15 is 0 Å². The van der Waals surface area contributed by atoms with Crippen LogP contribution in [0, 0.1) is 26.8 Å². The molecule has 0 aliphatic carbocycles. The molecular weight excluding hydrogens is 914 g/mol. The molecule has 0 spiro atoms. The number of imidazole rings is 1. The Balaban J connectivity index is 0.00000433. The maximum Gasteiger partial charge on any atom is 2.00 e. The minimum atomic E-state index is -0.223. The van der Waals surface area contributed by atoms with Gasteiger partial charge in [-0.05, 0) is 95.5 Å². The van der Waals surface area contributed by atoms with Crippen molar-refractivity contribution in [3.05, 3.63) is 192 Å². The Kier molecular flexibility index (Phi) is 9.00. The van der Waals surface area contributed by atoms with E-state index in [0.29, 0.717) is 0 Å². The Morgan fingerprint density at radius 1 is 0.567 bits per heavy atom. The van der Waals surface area contributed by atoms with E-state index in [4.69, 9.17) is 15.0 Å². The summed E-state index contributed by atoms with van der Waals surface area (Å²) >= 11 is 0. The van der Waals surface area contributed by atoms with Crippen LogP contribution in [-0.4, -0.2) is 19.1 Å². The summed E-state index contributed by atoms with van der Waals surface area (Å²) in [7, 11) is 0. The molecule has 6 heteroatoms. The predicted molar refractivity (Wildman–Crippen MR) is 244 cm³/mol. The molecule has 7 aromatic carbocycles. The van der Waals surface area contributed by atoms with Crippen molar-refractivity contribution in [1.29, 1.82) is 0 Å². The molecule has 5 nitrogen and oxygen atoms in total. The van der Waals surface area contributed by atoms with Gasteiger partial charge in [-0.1, -0.05) is 139 Å². The summed E-state index contributed by atoms with van der Waals surface area (Å²) in [4.78, 5) is 15.8. The second-order valence-corrected chi connectivity index (χ2v) is 16.5. The molecule has 0 aliphatic heterocycles. The van der Waals surface area contributed by atoms with Crippen molar-refractivity contribution in [3.8, 4) is 34.0 Å². The Hall–Kier alpha value is -6.55. The van der Waals surface area contributed by atoms with Crippen LogP contribution in [-0.2, 0) is 26.5 Å². The van der Waals surface area contributed by atoms with E-state index in [2.05, 4.69) is 201 Å². The first-order chi connectivity index (χ1) is 28.7. The Morgan fingerprint density at radius 3 is 2.20 bits per heavy atom. The molecule has 0 bridgehead atoms. The minimum absolute atomic E-state index is 0. The third-order valence-electron chi connectivity index (χ3n) is 12.2. The van der Waals surface area contributed by atoms with Gasteiger partial charge in [-0.2, -0.15) is 0 Å². The van der Waals surface area contributed by atoms with Gasteiger partial charge in [0.25, 0.3) is 0 Å². The predicted octanol–water partition coefficient (Wildman–Crippen LogP) is 13.2. The normalized spacial score (nSPS) is 11.9. The third-order valence-corrected chi connectivity index (χ3v) is 12.2. The van der Waals surface area contributed by atoms with Crippen LogP contribution >= 0.6 is 0 Å². The van der Waals surface area contributed by atoms with Crippen LogP contribution in [0.5, 0.6) is 0 Å². The summed E-state index contributed by atoms with van der Waals surface area (Å²) < 4.78 is 4.60. The van der Waals surface area contributed by atoms with Crippen molar-refractivity contribution in [2.24, 2.45) is 0 Å². The molecule has 0 saturated heterocycles. The summed E-state index contributed by atoms with van der Waals surface area (Å²) in [5, 5.41) is 4.60. The van der Waals surface area contributed by atoms with E-state index in [9.17, 15) is 0 Å². The number of benzene rings is 7. The number of rotatable bonds is 6. The molecular formula is C54H41N5Pt. The van der Waals surface area contributed by atoms with E-state index in [1.165, 1.54) is 27.6 Å². The van der Waals surface area contributed by atoms with Gasteiger partial charge in [0.1, 0.15) is 11.6 Å². The van der Waals surface area contributed by atoms with E-state index in [1.807, 2.05) is 6.20 Å². The Morgan fingerprint density at radius 2 is 1.35 bits per heavy atom. The van der Waals surface area contributed by atoms with E-state index in [1.54, 1.807) is 0 Å². The Bertz CT molecular complexity index is 3460. The monoisotopic (exact) mass is 954 g/mol. The molecule has 11 rings (SSSR count). The summed E-state index contributed by atoms with van der Waals surface area (Å²) in [5.74, 6) is 1.73. The van der Waals surface area contributed by atoms with Gasteiger partial charge in [0.05, 0.1) is 11.0 Å². The van der Waals surface area contributed by atoms with Crippen molar-refractivity contribution in [2.45, 2.75) is 40.0 Å². The summed E-state index contributed by atoms with van der Waals surface area (Å²) in [6.45, 7) is 11.0. The fourth-order valence-electron chi connectivity index (χ4n) is 9.12. The van der Waals surface area contributed by atoms with Crippen molar-refractivity contribution < 1.29 is 21.1 Å². The Labute approximate surface area is 363 Å². The first-order valence-electron chi connectivity index (χ1n) is 20.3. The van der Waals surface area contributed by atoms with Gasteiger partial charge in [-0.3, -0.25) is 4.57 Å². The number of nitrogens with zero attached hydrogens (tertiary/aromatic N) is 5. The average Bonchev–Trinajstić information content (AvgIpc) is 3.93. The fourth-order valence-corrected chi connectivity index (χ4v) is 9.12. The number of pyridine rings is 1. The van der Waals surface area contributed by atoms with Gasteiger partial charge in [-0.15, -0.1) is 34.8 Å². The van der Waals surface area contributed by atoms with Crippen LogP contribution in [0.25, 0.3) is 88.7 Å². The van der Waals surface area contributed by atoms with Gasteiger partial charge in [0.2, 0.25) is 0 Å². The van der Waals surface area contributed by atoms with Crippen LogP contribution < -0.4 is 4.98 Å². The molecule has 0 amide bonds. The summed E-state index contributed by atoms with van der Waals surface area (Å²) in [5.41, 5.74) is 15.8. The molecule has 60 heavy (non-hydrogen) atoms. The van der Waals surface area contributed by atoms with Crippen molar-refractivity contribution in [2.75, 3.05) is 0 Å². The fraction of sp³-hybridized carbons (Fsp3) is 0.111. The van der Waals surface area contributed by atoms with Crippen LogP contribution in [0.2, 0.25) is 0 Å². The van der Waals surface area contributed by atoms with E-state index in [-0.39, 0.29) is 26.5 Å². The smallest absolute Gasteiger partial charge is 0.656 e. The van der Waals surface area contributed by atoms with Crippen LogP contribution in [0.1, 0.15) is 41.7 Å². The minimum Gasteiger partial charge on any atom is -0.656 e. The topological polar surface area (TPSA) is 49.7 Å². The summed E-state index contributed by atoms with van der Waals surface area (Å²) in [6.07, 6.45) is 1.94. The molecule has 0 unspecified atom stereocenters. The molecule has 0 radical (unpaired) electrons. The number of aryl methyl sites for hydroxylation is 3. The standard InChI is InChI=1S/C54H41N5.Pt/c1-33-13-11-16-39(27-33)58-49-30-35(3)29-44(52(49)57-53(58)43-19-12-18-42-40-17-9-10-20-46(40)56-51(42)43)36-22-23-41-45-28-34(2)21-24-47(45)59(48(41)31-36)50-32-38(25-26-55-50)54(4,5)37-14-7-6-8-15-37;/h6-30,32H,1-5H3;/q-2;+2. The van der Waals surface area contributed by atoms with E-state index < -0.39 is 0 Å². The first kappa shape index (κ1) is 37.7. The number of hydrogen-bond donors (Lipinski definition) is 0. The molecule has 0 aliphatic rings. The van der Waals surface area contributed by atoms with Gasteiger partial charge >= 0.3 is 21.1 Å². The largest absolute Gasteiger partial charge is 2.00 e. The van der Waals surface area contributed by atoms with E-state index in [0.717, 1.165) is 88.8 Å². The zero-order valence-electron chi connectivity index (χ0n) is 34.1.